The predicted octanol–water partition coefficient (Wildman–Crippen LogP) is 1.51. The second kappa shape index (κ2) is 5.86. The fourth-order valence-electron chi connectivity index (χ4n) is 1.19. The van der Waals surface area contributed by atoms with Crippen molar-refractivity contribution in [1.82, 2.24) is 0 Å². The smallest absolute Gasteiger partial charge is 0.248 e. The Hall–Kier alpha value is -1.07. The van der Waals surface area contributed by atoms with Crippen molar-refractivity contribution in [3.8, 4) is 0 Å². The number of nitrogens with two attached hydrogens (primary N) is 2. The highest BCUT2D eigenvalue weighted by atomic mass is 32.2. The number of rotatable bonds is 5. The van der Waals surface area contributed by atoms with Crippen LogP contribution in [0.4, 0.5) is 4.39 Å². The fourth-order valence-corrected chi connectivity index (χ4v) is 2.12. The Balaban J connectivity index is 2.70. The van der Waals surface area contributed by atoms with Gasteiger partial charge in [-0.3, -0.25) is 4.79 Å². The second-order valence-electron chi connectivity index (χ2n) is 3.66. The number of carbonyl (C=O) groups excluding carboxylic acids is 1. The van der Waals surface area contributed by atoms with Gasteiger partial charge in [-0.05, 0) is 30.7 Å². The number of carbonyl (C=O) groups is 1. The molecule has 0 aliphatic carbocycles. The van der Waals surface area contributed by atoms with E-state index in [2.05, 4.69) is 0 Å². The molecule has 88 valence electrons. The number of amides is 1. The highest BCUT2D eigenvalue weighted by Gasteiger charge is 2.07. The summed E-state index contributed by atoms with van der Waals surface area (Å²) in [6, 6.07) is 4.22. The van der Waals surface area contributed by atoms with Crippen LogP contribution in [0.1, 0.15) is 22.8 Å². The fraction of sp³-hybridized carbons (Fsp3) is 0.364. The predicted molar refractivity (Wildman–Crippen MR) is 64.7 cm³/mol. The molecule has 1 atom stereocenters. The quantitative estimate of drug-likeness (QED) is 0.822. The van der Waals surface area contributed by atoms with Crippen LogP contribution >= 0.6 is 11.8 Å². The normalized spacial score (nSPS) is 12.4. The lowest BCUT2D eigenvalue weighted by Gasteiger charge is -2.07. The number of primary amides is 1. The zero-order chi connectivity index (χ0) is 12.1. The zero-order valence-electron chi connectivity index (χ0n) is 9.07. The van der Waals surface area contributed by atoms with Crippen molar-refractivity contribution in [2.45, 2.75) is 18.7 Å². The van der Waals surface area contributed by atoms with Gasteiger partial charge in [0, 0.05) is 23.1 Å². The first-order valence-corrected chi connectivity index (χ1v) is 6.07. The van der Waals surface area contributed by atoms with Gasteiger partial charge in [-0.1, -0.05) is 0 Å². The molecule has 5 heteroatoms. The molecule has 0 radical (unpaired) electrons. The summed E-state index contributed by atoms with van der Waals surface area (Å²) in [5.41, 5.74) is 11.5. The van der Waals surface area contributed by atoms with Gasteiger partial charge in [-0.25, -0.2) is 4.39 Å². The largest absolute Gasteiger partial charge is 0.366 e. The van der Waals surface area contributed by atoms with E-state index in [-0.39, 0.29) is 11.9 Å². The van der Waals surface area contributed by atoms with E-state index in [0.29, 0.717) is 16.9 Å². The van der Waals surface area contributed by atoms with Crippen LogP contribution in [0.5, 0.6) is 0 Å². The van der Waals surface area contributed by atoms with Gasteiger partial charge in [0.05, 0.1) is 0 Å². The highest BCUT2D eigenvalue weighted by molar-refractivity contribution is 7.98. The molecule has 0 saturated carbocycles. The molecule has 1 aromatic carbocycles. The van der Waals surface area contributed by atoms with Crippen molar-refractivity contribution in [2.75, 3.05) is 5.75 Å². The van der Waals surface area contributed by atoms with E-state index < -0.39 is 5.91 Å². The molecule has 4 N–H and O–H groups in total. The number of benzene rings is 1. The molecule has 16 heavy (non-hydrogen) atoms. The van der Waals surface area contributed by atoms with Crippen LogP contribution in [-0.4, -0.2) is 17.7 Å². The summed E-state index contributed by atoms with van der Waals surface area (Å²) in [6.45, 7) is 1.89. The minimum absolute atomic E-state index is 0.0763. The summed E-state index contributed by atoms with van der Waals surface area (Å²) in [7, 11) is 0. The van der Waals surface area contributed by atoms with Gasteiger partial charge in [0.25, 0.3) is 0 Å². The molecular weight excluding hydrogens is 227 g/mol. The van der Waals surface area contributed by atoms with Crippen molar-refractivity contribution in [2.24, 2.45) is 11.5 Å². The molecular formula is C11H15FN2OS. The minimum atomic E-state index is -0.543. The molecule has 0 spiro atoms. The summed E-state index contributed by atoms with van der Waals surface area (Å²) in [5, 5.41) is 0. The number of thioether (sulfide) groups is 1. The Morgan fingerprint density at radius 1 is 1.56 bits per heavy atom. The van der Waals surface area contributed by atoms with Gasteiger partial charge >= 0.3 is 0 Å². The molecule has 0 heterocycles. The third kappa shape index (κ3) is 3.83. The number of hydrogen-bond acceptors (Lipinski definition) is 3. The molecule has 1 unspecified atom stereocenters. The first kappa shape index (κ1) is 13.0. The SMILES string of the molecule is CC(N)CSCc1cc(C(N)=O)ccc1F. The first-order chi connectivity index (χ1) is 7.50. The van der Waals surface area contributed by atoms with E-state index in [4.69, 9.17) is 11.5 Å². The number of hydrogen-bond donors (Lipinski definition) is 2. The Morgan fingerprint density at radius 2 is 2.25 bits per heavy atom. The summed E-state index contributed by atoms with van der Waals surface area (Å²) >= 11 is 1.53. The average molecular weight is 242 g/mol. The molecule has 0 aliphatic heterocycles. The van der Waals surface area contributed by atoms with E-state index in [1.165, 1.54) is 30.0 Å². The zero-order valence-corrected chi connectivity index (χ0v) is 9.89. The van der Waals surface area contributed by atoms with Crippen LogP contribution in [0.3, 0.4) is 0 Å². The Morgan fingerprint density at radius 3 is 2.81 bits per heavy atom. The molecule has 0 aromatic heterocycles. The topological polar surface area (TPSA) is 69.1 Å². The third-order valence-electron chi connectivity index (χ3n) is 1.97. The van der Waals surface area contributed by atoms with Gasteiger partial charge in [0.2, 0.25) is 5.91 Å². The van der Waals surface area contributed by atoms with Crippen LogP contribution in [0, 0.1) is 5.82 Å². The summed E-state index contributed by atoms with van der Waals surface area (Å²) in [5.74, 6) is 0.384. The van der Waals surface area contributed by atoms with E-state index in [9.17, 15) is 9.18 Å². The van der Waals surface area contributed by atoms with E-state index in [0.717, 1.165) is 5.75 Å². The van der Waals surface area contributed by atoms with Crippen molar-refractivity contribution in [1.29, 1.82) is 0 Å². The van der Waals surface area contributed by atoms with Crippen molar-refractivity contribution in [3.63, 3.8) is 0 Å². The summed E-state index contributed by atoms with van der Waals surface area (Å²) in [6.07, 6.45) is 0. The molecule has 1 amide bonds. The van der Waals surface area contributed by atoms with Crippen LogP contribution in [0.2, 0.25) is 0 Å². The highest BCUT2D eigenvalue weighted by Crippen LogP contribution is 2.17. The summed E-state index contributed by atoms with van der Waals surface area (Å²) in [4.78, 5) is 10.9. The Bertz CT molecular complexity index is 382. The maximum Gasteiger partial charge on any atom is 0.248 e. The lowest BCUT2D eigenvalue weighted by Crippen LogP contribution is -2.17. The molecule has 1 aromatic rings. The van der Waals surface area contributed by atoms with Crippen molar-refractivity contribution < 1.29 is 9.18 Å². The minimum Gasteiger partial charge on any atom is -0.366 e. The molecule has 0 fully saturated rings. The van der Waals surface area contributed by atoms with Crippen LogP contribution in [0.15, 0.2) is 18.2 Å². The Labute approximate surface area is 98.4 Å². The van der Waals surface area contributed by atoms with E-state index in [1.54, 1.807) is 0 Å². The maximum atomic E-state index is 13.4. The standard InChI is InChI=1S/C11H15FN2OS/c1-7(13)5-16-6-9-4-8(11(14)15)2-3-10(9)12/h2-4,7H,5-6,13H2,1H3,(H2,14,15). The molecule has 0 aliphatic rings. The van der Waals surface area contributed by atoms with E-state index in [1.807, 2.05) is 6.92 Å². The molecule has 0 saturated heterocycles. The molecule has 0 bridgehead atoms. The van der Waals surface area contributed by atoms with Crippen molar-refractivity contribution >= 4 is 17.7 Å². The second-order valence-corrected chi connectivity index (χ2v) is 4.69. The van der Waals surface area contributed by atoms with Crippen LogP contribution in [0.25, 0.3) is 0 Å². The van der Waals surface area contributed by atoms with E-state index >= 15 is 0 Å². The van der Waals surface area contributed by atoms with Crippen LogP contribution in [-0.2, 0) is 5.75 Å². The van der Waals surface area contributed by atoms with Gasteiger partial charge in [-0.15, -0.1) is 0 Å². The third-order valence-corrected chi connectivity index (χ3v) is 3.25. The molecule has 1 rings (SSSR count). The monoisotopic (exact) mass is 242 g/mol. The van der Waals surface area contributed by atoms with Crippen LogP contribution < -0.4 is 11.5 Å². The van der Waals surface area contributed by atoms with Gasteiger partial charge in [0.15, 0.2) is 0 Å². The number of halogens is 1. The maximum absolute atomic E-state index is 13.4. The van der Waals surface area contributed by atoms with Gasteiger partial charge < -0.3 is 11.5 Å². The first-order valence-electron chi connectivity index (χ1n) is 4.92. The average Bonchev–Trinajstić information content (AvgIpc) is 2.20. The molecule has 3 nitrogen and oxygen atoms in total. The lowest BCUT2D eigenvalue weighted by molar-refractivity contribution is 0.1000. The van der Waals surface area contributed by atoms with Gasteiger partial charge in [0.1, 0.15) is 5.82 Å². The van der Waals surface area contributed by atoms with Crippen molar-refractivity contribution in [3.05, 3.63) is 35.1 Å². The van der Waals surface area contributed by atoms with Gasteiger partial charge in [-0.2, -0.15) is 11.8 Å². The lowest BCUT2D eigenvalue weighted by atomic mass is 10.1. The Kier molecular flexibility index (Phi) is 4.76. The summed E-state index contributed by atoms with van der Waals surface area (Å²) < 4.78 is 13.4.